The van der Waals surface area contributed by atoms with Crippen LogP contribution in [0.15, 0.2) is 59.5 Å². The van der Waals surface area contributed by atoms with Crippen LogP contribution >= 0.6 is 0 Å². The van der Waals surface area contributed by atoms with Crippen molar-refractivity contribution >= 4 is 10.9 Å². The Hall–Kier alpha value is -2.33. The first-order valence-corrected chi connectivity index (χ1v) is 6.62. The van der Waals surface area contributed by atoms with Crippen molar-refractivity contribution < 1.29 is 9.15 Å². The zero-order valence-corrected chi connectivity index (χ0v) is 11.1. The number of aromatic nitrogens is 1. The molecule has 102 valence electrons. The third-order valence-electron chi connectivity index (χ3n) is 3.05. The average Bonchev–Trinajstić information content (AvgIpc) is 3.00. The van der Waals surface area contributed by atoms with E-state index in [0.29, 0.717) is 6.61 Å². The summed E-state index contributed by atoms with van der Waals surface area (Å²) in [7, 11) is 0. The van der Waals surface area contributed by atoms with Gasteiger partial charge in [0.25, 0.3) is 0 Å². The summed E-state index contributed by atoms with van der Waals surface area (Å²) < 4.78 is 10.8. The molecule has 4 heteroatoms. The fourth-order valence-corrected chi connectivity index (χ4v) is 2.06. The van der Waals surface area contributed by atoms with Crippen molar-refractivity contribution in [1.29, 1.82) is 0 Å². The first-order chi connectivity index (χ1) is 9.93. The number of nitrogens with zero attached hydrogens (tertiary/aromatic N) is 1. The van der Waals surface area contributed by atoms with Crippen LogP contribution in [0.25, 0.3) is 10.9 Å². The molecule has 3 rings (SSSR count). The number of pyridine rings is 1. The molecule has 0 aliphatic carbocycles. The lowest BCUT2D eigenvalue weighted by Gasteiger charge is -2.09. The largest absolute Gasteiger partial charge is 0.492 e. The van der Waals surface area contributed by atoms with Crippen molar-refractivity contribution in [3.63, 3.8) is 0 Å². The summed E-state index contributed by atoms with van der Waals surface area (Å²) in [5.74, 6) is 0.876. The van der Waals surface area contributed by atoms with Gasteiger partial charge in [-0.15, -0.1) is 0 Å². The van der Waals surface area contributed by atoms with Crippen LogP contribution in [0, 0.1) is 0 Å². The van der Waals surface area contributed by atoms with Gasteiger partial charge in [0.05, 0.1) is 18.0 Å². The SMILES string of the molecule is c1cc(OCCNCc2ccoc2)c2cccnc2c1. The minimum atomic E-state index is 0.617. The normalized spacial score (nSPS) is 10.8. The Balaban J connectivity index is 1.52. The van der Waals surface area contributed by atoms with Gasteiger partial charge in [-0.05, 0) is 30.3 Å². The van der Waals surface area contributed by atoms with Gasteiger partial charge < -0.3 is 14.5 Å². The number of rotatable bonds is 6. The average molecular weight is 268 g/mol. The number of fused-ring (bicyclic) bond motifs is 1. The van der Waals surface area contributed by atoms with Crippen molar-refractivity contribution in [2.45, 2.75) is 6.54 Å². The molecule has 0 aliphatic heterocycles. The third-order valence-corrected chi connectivity index (χ3v) is 3.05. The number of nitrogens with one attached hydrogen (secondary N) is 1. The van der Waals surface area contributed by atoms with E-state index in [1.54, 1.807) is 18.7 Å². The topological polar surface area (TPSA) is 47.3 Å². The molecule has 0 spiro atoms. The lowest BCUT2D eigenvalue weighted by molar-refractivity contribution is 0.317. The van der Waals surface area contributed by atoms with Gasteiger partial charge >= 0.3 is 0 Å². The molecule has 3 aromatic rings. The van der Waals surface area contributed by atoms with Gasteiger partial charge in [0.15, 0.2) is 0 Å². The number of ether oxygens (including phenoxy) is 1. The third kappa shape index (κ3) is 2.97. The standard InChI is InChI=1S/C16H16N2O2/c1-4-15-14(3-2-7-18-15)16(5-1)20-10-8-17-11-13-6-9-19-12-13/h1-7,9,12,17H,8,10-11H2. The van der Waals surface area contributed by atoms with Gasteiger partial charge in [0.1, 0.15) is 12.4 Å². The van der Waals surface area contributed by atoms with Crippen molar-refractivity contribution in [3.05, 3.63) is 60.7 Å². The molecular formula is C16H16N2O2. The molecule has 0 saturated carbocycles. The Morgan fingerprint density at radius 1 is 1.15 bits per heavy atom. The van der Waals surface area contributed by atoms with E-state index in [9.17, 15) is 0 Å². The van der Waals surface area contributed by atoms with Crippen molar-refractivity contribution in [3.8, 4) is 5.75 Å². The van der Waals surface area contributed by atoms with Gasteiger partial charge in [-0.25, -0.2) is 0 Å². The Morgan fingerprint density at radius 2 is 2.15 bits per heavy atom. The number of benzene rings is 1. The second-order valence-electron chi connectivity index (χ2n) is 4.48. The summed E-state index contributed by atoms with van der Waals surface area (Å²) >= 11 is 0. The second kappa shape index (κ2) is 6.21. The molecule has 0 unspecified atom stereocenters. The molecule has 0 aliphatic rings. The molecular weight excluding hydrogens is 252 g/mol. The summed E-state index contributed by atoms with van der Waals surface area (Å²) in [5.41, 5.74) is 2.09. The van der Waals surface area contributed by atoms with E-state index in [2.05, 4.69) is 10.3 Å². The maximum Gasteiger partial charge on any atom is 0.128 e. The van der Waals surface area contributed by atoms with Gasteiger partial charge in [-0.3, -0.25) is 4.98 Å². The molecule has 0 saturated heterocycles. The van der Waals surface area contributed by atoms with Crippen LogP contribution < -0.4 is 10.1 Å². The molecule has 4 nitrogen and oxygen atoms in total. The molecule has 1 N–H and O–H groups in total. The smallest absolute Gasteiger partial charge is 0.128 e. The lowest BCUT2D eigenvalue weighted by Crippen LogP contribution is -2.20. The fourth-order valence-electron chi connectivity index (χ4n) is 2.06. The van der Waals surface area contributed by atoms with Gasteiger partial charge in [-0.1, -0.05) is 6.07 Å². The molecule has 0 amide bonds. The quantitative estimate of drug-likeness (QED) is 0.698. The minimum Gasteiger partial charge on any atom is -0.492 e. The van der Waals surface area contributed by atoms with E-state index >= 15 is 0 Å². The molecule has 1 aromatic carbocycles. The summed E-state index contributed by atoms with van der Waals surface area (Å²) in [6, 6.07) is 11.8. The zero-order chi connectivity index (χ0) is 13.6. The highest BCUT2D eigenvalue weighted by Gasteiger charge is 2.01. The van der Waals surface area contributed by atoms with Gasteiger partial charge in [0, 0.05) is 30.2 Å². The predicted molar refractivity (Wildman–Crippen MR) is 77.7 cm³/mol. The molecule has 2 aromatic heterocycles. The molecule has 2 heterocycles. The van der Waals surface area contributed by atoms with E-state index < -0.39 is 0 Å². The van der Waals surface area contributed by atoms with Crippen LogP contribution in [-0.2, 0) is 6.54 Å². The lowest BCUT2D eigenvalue weighted by atomic mass is 10.2. The van der Waals surface area contributed by atoms with Crippen molar-refractivity contribution in [2.24, 2.45) is 0 Å². The Morgan fingerprint density at radius 3 is 3.05 bits per heavy atom. The molecule has 0 radical (unpaired) electrons. The monoisotopic (exact) mass is 268 g/mol. The van der Waals surface area contributed by atoms with E-state index in [-0.39, 0.29) is 0 Å². The van der Waals surface area contributed by atoms with Crippen LogP contribution in [-0.4, -0.2) is 18.1 Å². The van der Waals surface area contributed by atoms with Crippen LogP contribution in [0.2, 0.25) is 0 Å². The molecule has 0 atom stereocenters. The van der Waals surface area contributed by atoms with Crippen LogP contribution in [0.1, 0.15) is 5.56 Å². The predicted octanol–water partition coefficient (Wildman–Crippen LogP) is 3.00. The van der Waals surface area contributed by atoms with E-state index in [0.717, 1.165) is 35.3 Å². The molecule has 0 fully saturated rings. The maximum absolute atomic E-state index is 5.81. The number of hydrogen-bond donors (Lipinski definition) is 1. The van der Waals surface area contributed by atoms with Gasteiger partial charge in [-0.2, -0.15) is 0 Å². The van der Waals surface area contributed by atoms with Crippen molar-refractivity contribution in [1.82, 2.24) is 10.3 Å². The fraction of sp³-hybridized carbons (Fsp3) is 0.188. The highest BCUT2D eigenvalue weighted by atomic mass is 16.5. The highest BCUT2D eigenvalue weighted by molar-refractivity contribution is 5.84. The zero-order valence-electron chi connectivity index (χ0n) is 11.1. The maximum atomic E-state index is 5.81. The van der Waals surface area contributed by atoms with E-state index in [4.69, 9.17) is 9.15 Å². The molecule has 20 heavy (non-hydrogen) atoms. The highest BCUT2D eigenvalue weighted by Crippen LogP contribution is 2.23. The summed E-state index contributed by atoms with van der Waals surface area (Å²) in [6.45, 7) is 2.19. The van der Waals surface area contributed by atoms with Crippen LogP contribution in [0.3, 0.4) is 0 Å². The Kier molecular flexibility index (Phi) is 3.94. The summed E-state index contributed by atoms with van der Waals surface area (Å²) in [5, 5.41) is 4.35. The Bertz CT molecular complexity index is 660. The van der Waals surface area contributed by atoms with E-state index in [1.165, 1.54) is 0 Å². The van der Waals surface area contributed by atoms with Crippen molar-refractivity contribution in [2.75, 3.05) is 13.2 Å². The minimum absolute atomic E-state index is 0.617. The Labute approximate surface area is 117 Å². The van der Waals surface area contributed by atoms with Crippen LogP contribution in [0.5, 0.6) is 5.75 Å². The molecule has 0 bridgehead atoms. The van der Waals surface area contributed by atoms with Crippen LogP contribution in [0.4, 0.5) is 0 Å². The second-order valence-corrected chi connectivity index (χ2v) is 4.48. The summed E-state index contributed by atoms with van der Waals surface area (Å²) in [6.07, 6.45) is 5.21. The first-order valence-electron chi connectivity index (χ1n) is 6.62. The summed E-state index contributed by atoms with van der Waals surface area (Å²) in [4.78, 5) is 4.31. The number of hydrogen-bond acceptors (Lipinski definition) is 4. The number of furan rings is 1. The first kappa shape index (κ1) is 12.7. The van der Waals surface area contributed by atoms with E-state index in [1.807, 2.05) is 36.4 Å². The van der Waals surface area contributed by atoms with Gasteiger partial charge in [0.2, 0.25) is 0 Å².